The lowest BCUT2D eigenvalue weighted by atomic mass is 10.0. The van der Waals surface area contributed by atoms with Gasteiger partial charge in [0, 0.05) is 0 Å². The van der Waals surface area contributed by atoms with Gasteiger partial charge in [-0.3, -0.25) is 0 Å². The summed E-state index contributed by atoms with van der Waals surface area (Å²) in [4.78, 5) is 11.3. The molecule has 0 aromatic carbocycles. The number of hydrogen-bond acceptors (Lipinski definition) is 3. The molecule has 0 aromatic heterocycles. The van der Waals surface area contributed by atoms with E-state index in [0.717, 1.165) is 25.7 Å². The molecule has 0 aliphatic carbocycles. The van der Waals surface area contributed by atoms with Gasteiger partial charge >= 0.3 is 6.16 Å². The number of carbonyl (C=O) groups is 1. The minimum absolute atomic E-state index is 0.481. The van der Waals surface area contributed by atoms with Crippen LogP contribution >= 0.6 is 0 Å². The first-order valence-electron chi connectivity index (χ1n) is 15.1. The molecule has 0 heterocycles. The maximum Gasteiger partial charge on any atom is 0.508 e. The molecule has 0 rings (SSSR count). The van der Waals surface area contributed by atoms with Crippen LogP contribution in [0.5, 0.6) is 0 Å². The summed E-state index contributed by atoms with van der Waals surface area (Å²) in [6, 6.07) is 0. The second-order valence-corrected chi connectivity index (χ2v) is 10.1. The minimum atomic E-state index is -0.498. The quantitative estimate of drug-likeness (QED) is 0.0888. The summed E-state index contributed by atoms with van der Waals surface area (Å²) in [6.45, 7) is 5.36. The van der Waals surface area contributed by atoms with Crippen molar-refractivity contribution in [2.75, 3.05) is 13.2 Å². The Balaban J connectivity index is 3.06. The zero-order valence-corrected chi connectivity index (χ0v) is 22.8. The average molecular weight is 469 g/mol. The van der Waals surface area contributed by atoms with E-state index in [1.54, 1.807) is 0 Å². The lowest BCUT2D eigenvalue weighted by molar-refractivity contribution is 0.0532. The largest absolute Gasteiger partial charge is 0.508 e. The first-order valence-corrected chi connectivity index (χ1v) is 15.1. The standard InChI is InChI=1S/C30H60O3/c1-3-5-7-8-9-10-11-12-13-14-15-16-17-18-19-20-21-22-23-24-25-26-27-29-33-30(31)32-28-6-4-2/h3-29H2,1-2H3. The Kier molecular flexibility index (Phi) is 28.7. The van der Waals surface area contributed by atoms with Crippen LogP contribution in [0.25, 0.3) is 0 Å². The summed E-state index contributed by atoms with van der Waals surface area (Å²) >= 11 is 0. The van der Waals surface area contributed by atoms with Gasteiger partial charge in [0.05, 0.1) is 13.2 Å². The molecule has 0 radical (unpaired) electrons. The molecule has 0 unspecified atom stereocenters. The van der Waals surface area contributed by atoms with Crippen molar-refractivity contribution in [1.82, 2.24) is 0 Å². The number of ether oxygens (including phenoxy) is 2. The highest BCUT2D eigenvalue weighted by atomic mass is 16.7. The Morgan fingerprint density at radius 1 is 0.364 bits per heavy atom. The zero-order chi connectivity index (χ0) is 24.1. The van der Waals surface area contributed by atoms with Crippen LogP contribution < -0.4 is 0 Å². The summed E-state index contributed by atoms with van der Waals surface area (Å²) < 4.78 is 10.0. The Bertz CT molecular complexity index is 370. The van der Waals surface area contributed by atoms with E-state index in [-0.39, 0.29) is 0 Å². The Morgan fingerprint density at radius 2 is 0.606 bits per heavy atom. The van der Waals surface area contributed by atoms with Crippen LogP contribution in [0.4, 0.5) is 4.79 Å². The van der Waals surface area contributed by atoms with Gasteiger partial charge in [0.15, 0.2) is 0 Å². The normalized spacial score (nSPS) is 11.1. The van der Waals surface area contributed by atoms with Crippen molar-refractivity contribution >= 4 is 6.16 Å². The number of carbonyl (C=O) groups excluding carboxylic acids is 1. The van der Waals surface area contributed by atoms with Crippen molar-refractivity contribution in [2.24, 2.45) is 0 Å². The van der Waals surface area contributed by atoms with Crippen LogP contribution in [0.1, 0.15) is 174 Å². The summed E-state index contributed by atoms with van der Waals surface area (Å²) in [6.07, 6.45) is 33.5. The monoisotopic (exact) mass is 468 g/mol. The van der Waals surface area contributed by atoms with Gasteiger partial charge in [-0.1, -0.05) is 162 Å². The molecule has 0 saturated carbocycles. The van der Waals surface area contributed by atoms with E-state index in [0.29, 0.717) is 13.2 Å². The van der Waals surface area contributed by atoms with Crippen LogP contribution in [-0.4, -0.2) is 19.4 Å². The molecular formula is C30H60O3. The van der Waals surface area contributed by atoms with Crippen LogP contribution in [0.3, 0.4) is 0 Å². The highest BCUT2D eigenvalue weighted by Crippen LogP contribution is 2.15. The first-order chi connectivity index (χ1) is 16.3. The maximum absolute atomic E-state index is 11.3. The molecule has 0 aliphatic rings. The van der Waals surface area contributed by atoms with Gasteiger partial charge in [-0.25, -0.2) is 4.79 Å². The van der Waals surface area contributed by atoms with Gasteiger partial charge in [0.25, 0.3) is 0 Å². The highest BCUT2D eigenvalue weighted by molar-refractivity contribution is 5.59. The van der Waals surface area contributed by atoms with E-state index in [1.807, 2.05) is 0 Å². The molecule has 0 fully saturated rings. The fourth-order valence-electron chi connectivity index (χ4n) is 4.38. The second-order valence-electron chi connectivity index (χ2n) is 10.1. The van der Waals surface area contributed by atoms with Gasteiger partial charge in [0.2, 0.25) is 0 Å². The van der Waals surface area contributed by atoms with Crippen molar-refractivity contribution in [3.63, 3.8) is 0 Å². The van der Waals surface area contributed by atoms with E-state index in [9.17, 15) is 4.79 Å². The van der Waals surface area contributed by atoms with E-state index >= 15 is 0 Å². The van der Waals surface area contributed by atoms with Crippen molar-refractivity contribution in [1.29, 1.82) is 0 Å². The molecule has 0 bridgehead atoms. The molecule has 198 valence electrons. The van der Waals surface area contributed by atoms with Gasteiger partial charge in [-0.15, -0.1) is 0 Å². The van der Waals surface area contributed by atoms with Crippen molar-refractivity contribution in [3.8, 4) is 0 Å². The number of rotatable bonds is 27. The van der Waals surface area contributed by atoms with Gasteiger partial charge in [0.1, 0.15) is 0 Å². The maximum atomic E-state index is 11.3. The molecule has 0 spiro atoms. The predicted molar refractivity (Wildman–Crippen MR) is 144 cm³/mol. The summed E-state index contributed by atoms with van der Waals surface area (Å²) in [7, 11) is 0. The van der Waals surface area contributed by atoms with E-state index in [2.05, 4.69) is 13.8 Å². The van der Waals surface area contributed by atoms with Gasteiger partial charge in [-0.05, 0) is 12.8 Å². The van der Waals surface area contributed by atoms with E-state index in [4.69, 9.17) is 9.47 Å². The fourth-order valence-corrected chi connectivity index (χ4v) is 4.38. The predicted octanol–water partition coefficient (Wildman–Crippen LogP) is 10.9. The molecule has 0 aliphatic heterocycles. The van der Waals surface area contributed by atoms with E-state index in [1.165, 1.54) is 135 Å². The topological polar surface area (TPSA) is 35.5 Å². The van der Waals surface area contributed by atoms with Crippen molar-refractivity contribution in [3.05, 3.63) is 0 Å². The van der Waals surface area contributed by atoms with Gasteiger partial charge < -0.3 is 9.47 Å². The summed E-state index contributed by atoms with van der Waals surface area (Å²) in [5, 5.41) is 0. The third-order valence-corrected chi connectivity index (χ3v) is 6.69. The molecular weight excluding hydrogens is 408 g/mol. The van der Waals surface area contributed by atoms with E-state index < -0.39 is 6.16 Å². The first kappa shape index (κ1) is 32.3. The van der Waals surface area contributed by atoms with Crippen LogP contribution in [0.2, 0.25) is 0 Å². The molecule has 0 amide bonds. The summed E-state index contributed by atoms with van der Waals surface area (Å²) in [5.74, 6) is 0. The molecule has 0 saturated heterocycles. The molecule has 3 nitrogen and oxygen atoms in total. The Labute approximate surface area is 208 Å². The lowest BCUT2D eigenvalue weighted by Crippen LogP contribution is -2.09. The summed E-state index contributed by atoms with van der Waals surface area (Å²) in [5.41, 5.74) is 0. The van der Waals surface area contributed by atoms with Gasteiger partial charge in [-0.2, -0.15) is 0 Å². The molecule has 0 atom stereocenters. The van der Waals surface area contributed by atoms with Crippen LogP contribution in [0.15, 0.2) is 0 Å². The SMILES string of the molecule is CCCCCCCCCCCCCCCCCCCCCCCCCOC(=O)OCCCC. The second kappa shape index (κ2) is 29.3. The van der Waals surface area contributed by atoms with Crippen molar-refractivity contribution in [2.45, 2.75) is 174 Å². The number of unbranched alkanes of at least 4 members (excludes halogenated alkanes) is 23. The molecule has 0 N–H and O–H groups in total. The molecule has 0 aromatic rings. The van der Waals surface area contributed by atoms with Crippen LogP contribution in [0, 0.1) is 0 Å². The molecule has 3 heteroatoms. The Hall–Kier alpha value is -0.730. The zero-order valence-electron chi connectivity index (χ0n) is 22.8. The molecule has 33 heavy (non-hydrogen) atoms. The third kappa shape index (κ3) is 29.2. The number of hydrogen-bond donors (Lipinski definition) is 0. The third-order valence-electron chi connectivity index (χ3n) is 6.69. The van der Waals surface area contributed by atoms with Crippen LogP contribution in [-0.2, 0) is 9.47 Å². The lowest BCUT2D eigenvalue weighted by Gasteiger charge is -2.06. The highest BCUT2D eigenvalue weighted by Gasteiger charge is 2.02. The minimum Gasteiger partial charge on any atom is -0.434 e. The smallest absolute Gasteiger partial charge is 0.434 e. The average Bonchev–Trinajstić information content (AvgIpc) is 2.82. The Morgan fingerprint density at radius 3 is 0.909 bits per heavy atom. The van der Waals surface area contributed by atoms with Crippen molar-refractivity contribution < 1.29 is 14.3 Å². The fraction of sp³-hybridized carbons (Fsp3) is 0.967.